The van der Waals surface area contributed by atoms with Gasteiger partial charge < -0.3 is 0 Å². The van der Waals surface area contributed by atoms with E-state index in [1.165, 1.54) is 80.7 Å². The maximum absolute atomic E-state index is 5.09. The Bertz CT molecular complexity index is 3590. The second kappa shape index (κ2) is 15.5. The zero-order valence-corrected chi connectivity index (χ0v) is 35.1. The van der Waals surface area contributed by atoms with Gasteiger partial charge in [-0.15, -0.1) is 11.3 Å². The Balaban J connectivity index is 0.825. The van der Waals surface area contributed by atoms with E-state index < -0.39 is 0 Å². The molecule has 0 aliphatic rings. The number of thiophene rings is 1. The van der Waals surface area contributed by atoms with Gasteiger partial charge in [0.15, 0.2) is 5.82 Å². The van der Waals surface area contributed by atoms with Crippen LogP contribution in [0.15, 0.2) is 231 Å². The largest absolute Gasteiger partial charge is 0.228 e. The average Bonchev–Trinajstić information content (AvgIpc) is 3.81. The summed E-state index contributed by atoms with van der Waals surface area (Å²) in [6.45, 7) is 0. The molecule has 0 amide bonds. The molecule has 2 aromatic heterocycles. The lowest BCUT2D eigenvalue weighted by atomic mass is 9.89. The van der Waals surface area contributed by atoms with Gasteiger partial charge >= 0.3 is 0 Å². The van der Waals surface area contributed by atoms with Gasteiger partial charge in [-0.2, -0.15) is 0 Å². The number of aromatic nitrogens is 2. The molecule has 0 N–H and O–H groups in total. The lowest BCUT2D eigenvalue weighted by Gasteiger charge is -2.14. The van der Waals surface area contributed by atoms with Crippen molar-refractivity contribution in [3.05, 3.63) is 231 Å². The van der Waals surface area contributed by atoms with Crippen molar-refractivity contribution >= 4 is 53.7 Å². The standard InChI is InChI=1S/C60H38N2S/c1-2-11-48(12-3-1)60-61-55(38-56(62-60)45-28-30-46(31-29-45)58-37-50-14-6-9-17-57(50)63-58)44-26-22-41(23-27-44)39-18-20-40(21-19-39)42-24-32-47(33-25-42)59-52-16-8-5-13-49(52)36-54-51-15-7-4-10-43(51)34-35-53(54)59/h1-38H. The minimum absolute atomic E-state index is 0.712. The molecule has 63 heavy (non-hydrogen) atoms. The zero-order valence-electron chi connectivity index (χ0n) is 34.2. The van der Waals surface area contributed by atoms with Crippen molar-refractivity contribution in [2.24, 2.45) is 0 Å². The number of nitrogens with zero attached hydrogens (tertiary/aromatic N) is 2. The van der Waals surface area contributed by atoms with Crippen molar-refractivity contribution in [3.63, 3.8) is 0 Å². The van der Waals surface area contributed by atoms with Crippen LogP contribution in [0.4, 0.5) is 0 Å². The fourth-order valence-corrected chi connectivity index (χ4v) is 10.1. The Morgan fingerprint density at radius 2 is 0.762 bits per heavy atom. The molecule has 10 aromatic carbocycles. The predicted octanol–water partition coefficient (Wildman–Crippen LogP) is 16.8. The predicted molar refractivity (Wildman–Crippen MR) is 268 cm³/mol. The van der Waals surface area contributed by atoms with Crippen molar-refractivity contribution < 1.29 is 0 Å². The van der Waals surface area contributed by atoms with Crippen LogP contribution in [0.5, 0.6) is 0 Å². The molecule has 0 bridgehead atoms. The molecule has 12 aromatic rings. The first-order valence-corrected chi connectivity index (χ1v) is 22.2. The molecule has 3 heteroatoms. The quantitative estimate of drug-likeness (QED) is 0.118. The molecule has 0 fully saturated rings. The second-order valence-electron chi connectivity index (χ2n) is 16.1. The molecule has 0 spiro atoms. The van der Waals surface area contributed by atoms with Crippen molar-refractivity contribution in [3.8, 4) is 77.7 Å². The molecule has 0 aliphatic carbocycles. The molecule has 2 heterocycles. The van der Waals surface area contributed by atoms with Crippen LogP contribution in [-0.2, 0) is 0 Å². The molecule has 0 aliphatic heterocycles. The van der Waals surface area contributed by atoms with E-state index in [0.29, 0.717) is 5.82 Å². The summed E-state index contributed by atoms with van der Waals surface area (Å²) < 4.78 is 1.30. The lowest BCUT2D eigenvalue weighted by molar-refractivity contribution is 1.18. The van der Waals surface area contributed by atoms with Gasteiger partial charge in [0.1, 0.15) is 0 Å². The minimum Gasteiger partial charge on any atom is -0.228 e. The monoisotopic (exact) mass is 818 g/mol. The topological polar surface area (TPSA) is 25.8 Å². The second-order valence-corrected chi connectivity index (χ2v) is 17.2. The molecular weight excluding hydrogens is 781 g/mol. The van der Waals surface area contributed by atoms with Gasteiger partial charge in [-0.05, 0) is 101 Å². The van der Waals surface area contributed by atoms with E-state index >= 15 is 0 Å². The van der Waals surface area contributed by atoms with Gasteiger partial charge in [-0.3, -0.25) is 0 Å². The zero-order chi connectivity index (χ0) is 41.7. The third-order valence-electron chi connectivity index (χ3n) is 12.3. The fraction of sp³-hybridized carbons (Fsp3) is 0. The van der Waals surface area contributed by atoms with E-state index in [2.05, 4.69) is 212 Å². The van der Waals surface area contributed by atoms with Crippen LogP contribution in [-0.4, -0.2) is 9.97 Å². The average molecular weight is 819 g/mol. The summed E-state index contributed by atoms with van der Waals surface area (Å²) in [4.78, 5) is 11.4. The van der Waals surface area contributed by atoms with Crippen LogP contribution in [0.2, 0.25) is 0 Å². The number of hydrogen-bond donors (Lipinski definition) is 0. The molecule has 2 nitrogen and oxygen atoms in total. The Kier molecular flexibility index (Phi) is 9.06. The fourth-order valence-electron chi connectivity index (χ4n) is 9.04. The van der Waals surface area contributed by atoms with Gasteiger partial charge in [-0.25, -0.2) is 9.97 Å². The van der Waals surface area contributed by atoms with Crippen LogP contribution < -0.4 is 0 Å². The summed E-state index contributed by atoms with van der Waals surface area (Å²) in [7, 11) is 0. The number of benzene rings is 10. The minimum atomic E-state index is 0.712. The van der Waals surface area contributed by atoms with Gasteiger partial charge in [0.25, 0.3) is 0 Å². The lowest BCUT2D eigenvalue weighted by Crippen LogP contribution is -1.96. The highest BCUT2D eigenvalue weighted by atomic mass is 32.1. The Labute approximate surface area is 370 Å². The molecule has 12 rings (SSSR count). The SMILES string of the molecule is c1ccc(-c2nc(-c3ccc(-c4ccc(-c5ccc(-c6c7ccccc7cc7c6ccc6ccccc67)cc5)cc4)cc3)cc(-c3ccc(-c4cc5ccccc5s4)cc3)n2)cc1. The molecule has 0 saturated carbocycles. The van der Waals surface area contributed by atoms with Crippen molar-refractivity contribution in [1.29, 1.82) is 0 Å². The normalized spacial score (nSPS) is 11.5. The maximum Gasteiger partial charge on any atom is 0.160 e. The highest BCUT2D eigenvalue weighted by molar-refractivity contribution is 7.22. The van der Waals surface area contributed by atoms with Gasteiger partial charge in [0.05, 0.1) is 11.4 Å². The van der Waals surface area contributed by atoms with Crippen molar-refractivity contribution in [2.45, 2.75) is 0 Å². The third kappa shape index (κ3) is 6.86. The van der Waals surface area contributed by atoms with Gasteiger partial charge in [-0.1, -0.05) is 206 Å². The number of hydrogen-bond acceptors (Lipinski definition) is 3. The van der Waals surface area contributed by atoms with Gasteiger partial charge in [0, 0.05) is 26.3 Å². The summed E-state index contributed by atoms with van der Waals surface area (Å²) in [5.74, 6) is 0.712. The van der Waals surface area contributed by atoms with Crippen LogP contribution in [0.1, 0.15) is 0 Å². The van der Waals surface area contributed by atoms with E-state index in [1.807, 2.05) is 29.5 Å². The van der Waals surface area contributed by atoms with Crippen LogP contribution in [0.25, 0.3) is 120 Å². The van der Waals surface area contributed by atoms with E-state index in [1.54, 1.807) is 0 Å². The van der Waals surface area contributed by atoms with E-state index in [-0.39, 0.29) is 0 Å². The molecule has 0 unspecified atom stereocenters. The van der Waals surface area contributed by atoms with Crippen LogP contribution in [0.3, 0.4) is 0 Å². The summed E-state index contributed by atoms with van der Waals surface area (Å²) in [5.41, 5.74) is 13.3. The Morgan fingerprint density at radius 1 is 0.270 bits per heavy atom. The Hall–Kier alpha value is -7.98. The smallest absolute Gasteiger partial charge is 0.160 e. The van der Waals surface area contributed by atoms with E-state index in [9.17, 15) is 0 Å². The first-order valence-electron chi connectivity index (χ1n) is 21.4. The number of fused-ring (bicyclic) bond motifs is 5. The van der Waals surface area contributed by atoms with Crippen LogP contribution >= 0.6 is 11.3 Å². The highest BCUT2D eigenvalue weighted by Gasteiger charge is 2.15. The van der Waals surface area contributed by atoms with E-state index in [0.717, 1.165) is 33.6 Å². The first kappa shape index (κ1) is 36.8. The summed E-state index contributed by atoms with van der Waals surface area (Å²) in [6.07, 6.45) is 0. The molecule has 294 valence electrons. The number of rotatable bonds is 7. The molecule has 0 atom stereocenters. The molecule has 0 radical (unpaired) electrons. The third-order valence-corrected chi connectivity index (χ3v) is 13.5. The summed E-state index contributed by atoms with van der Waals surface area (Å²) >= 11 is 1.82. The van der Waals surface area contributed by atoms with E-state index in [4.69, 9.17) is 9.97 Å². The van der Waals surface area contributed by atoms with Crippen molar-refractivity contribution in [2.75, 3.05) is 0 Å². The van der Waals surface area contributed by atoms with Gasteiger partial charge in [0.2, 0.25) is 0 Å². The maximum atomic E-state index is 5.09. The summed E-state index contributed by atoms with van der Waals surface area (Å²) in [6, 6.07) is 83.0. The highest BCUT2D eigenvalue weighted by Crippen LogP contribution is 2.41. The van der Waals surface area contributed by atoms with Crippen molar-refractivity contribution in [1.82, 2.24) is 9.97 Å². The molecule has 0 saturated heterocycles. The molecular formula is C60H38N2S. The Morgan fingerprint density at radius 3 is 1.38 bits per heavy atom. The van der Waals surface area contributed by atoms with Crippen LogP contribution in [0, 0.1) is 0 Å². The summed E-state index contributed by atoms with van der Waals surface area (Å²) in [5, 5.41) is 8.93. The first-order chi connectivity index (χ1) is 31.2.